The van der Waals surface area contributed by atoms with Crippen molar-refractivity contribution in [1.82, 2.24) is 15.0 Å². The molecule has 2 heterocycles. The van der Waals surface area contributed by atoms with Crippen LogP contribution in [0.5, 0.6) is 0 Å². The van der Waals surface area contributed by atoms with Crippen molar-refractivity contribution in [3.8, 4) is 11.4 Å². The first-order valence-electron chi connectivity index (χ1n) is 8.39. The van der Waals surface area contributed by atoms with Gasteiger partial charge in [0.1, 0.15) is 11.9 Å². The Morgan fingerprint density at radius 3 is 2.88 bits per heavy atom. The normalized spacial score (nSPS) is 15.6. The molecule has 0 radical (unpaired) electrons. The van der Waals surface area contributed by atoms with Gasteiger partial charge in [0, 0.05) is 29.2 Å². The zero-order valence-electron chi connectivity index (χ0n) is 14.0. The van der Waals surface area contributed by atoms with E-state index in [2.05, 4.69) is 20.3 Å². The molecule has 0 saturated carbocycles. The molecule has 2 aromatic heterocycles. The average Bonchev–Trinajstić information content (AvgIpc) is 3.08. The lowest BCUT2D eigenvalue weighted by atomic mass is 9.99. The lowest BCUT2D eigenvalue weighted by Gasteiger charge is -2.22. The fraction of sp³-hybridized carbons (Fsp3) is 0.444. The molecule has 0 amide bonds. The molecular weight excluding hydrogens is 304 g/mol. The van der Waals surface area contributed by atoms with Crippen molar-refractivity contribution in [2.45, 2.75) is 45.6 Å². The molecule has 24 heavy (non-hydrogen) atoms. The van der Waals surface area contributed by atoms with Gasteiger partial charge in [-0.1, -0.05) is 20.3 Å². The molecule has 3 rings (SSSR count). The second kappa shape index (κ2) is 6.95. The van der Waals surface area contributed by atoms with Crippen molar-refractivity contribution in [1.29, 1.82) is 0 Å². The van der Waals surface area contributed by atoms with Gasteiger partial charge in [0.15, 0.2) is 5.82 Å². The number of rotatable bonds is 6. The minimum absolute atomic E-state index is 0.0105. The van der Waals surface area contributed by atoms with Gasteiger partial charge in [-0.25, -0.2) is 14.8 Å². The number of nitrogens with one attached hydrogen (secondary N) is 1. The van der Waals surface area contributed by atoms with Crippen molar-refractivity contribution in [2.75, 3.05) is 5.32 Å². The molecule has 1 aliphatic carbocycles. The first-order valence-corrected chi connectivity index (χ1v) is 8.39. The minimum Gasteiger partial charge on any atom is -0.480 e. The third kappa shape index (κ3) is 3.22. The number of anilines is 1. The number of hydrogen-bond donors (Lipinski definition) is 2. The second-order valence-corrected chi connectivity index (χ2v) is 6.26. The number of carbonyl (C=O) groups is 1. The third-order valence-corrected chi connectivity index (χ3v) is 4.62. The summed E-state index contributed by atoms with van der Waals surface area (Å²) in [7, 11) is 0. The van der Waals surface area contributed by atoms with Crippen molar-refractivity contribution in [2.24, 2.45) is 5.92 Å². The summed E-state index contributed by atoms with van der Waals surface area (Å²) >= 11 is 0. The maximum absolute atomic E-state index is 11.6. The van der Waals surface area contributed by atoms with E-state index in [-0.39, 0.29) is 5.92 Å². The highest BCUT2D eigenvalue weighted by molar-refractivity contribution is 5.78. The van der Waals surface area contributed by atoms with E-state index < -0.39 is 12.0 Å². The van der Waals surface area contributed by atoms with Crippen molar-refractivity contribution in [3.05, 3.63) is 35.8 Å². The van der Waals surface area contributed by atoms with Gasteiger partial charge in [-0.15, -0.1) is 0 Å². The zero-order valence-corrected chi connectivity index (χ0v) is 14.0. The molecule has 0 unspecified atom stereocenters. The quantitative estimate of drug-likeness (QED) is 0.848. The molecule has 1 aliphatic rings. The maximum atomic E-state index is 11.6. The maximum Gasteiger partial charge on any atom is 0.326 e. The molecule has 6 heteroatoms. The summed E-state index contributed by atoms with van der Waals surface area (Å²) in [5, 5.41) is 12.7. The first kappa shape index (κ1) is 16.4. The first-order chi connectivity index (χ1) is 11.6. The van der Waals surface area contributed by atoms with Crippen LogP contribution in [0.15, 0.2) is 24.5 Å². The van der Waals surface area contributed by atoms with E-state index in [1.54, 1.807) is 12.4 Å². The van der Waals surface area contributed by atoms with E-state index in [0.29, 0.717) is 11.6 Å². The van der Waals surface area contributed by atoms with E-state index in [4.69, 9.17) is 0 Å². The van der Waals surface area contributed by atoms with Crippen molar-refractivity contribution < 1.29 is 9.90 Å². The number of carboxylic acids is 1. The lowest BCUT2D eigenvalue weighted by molar-refractivity contribution is -0.139. The summed E-state index contributed by atoms with van der Waals surface area (Å²) in [5.41, 5.74) is 2.91. The Balaban J connectivity index is 2.00. The molecule has 0 saturated heterocycles. The SMILES string of the molecule is CC[C@H](C)[C@H](Nc1nc(-c2cccnc2)nc2c1CCC2)C(=O)O. The van der Waals surface area contributed by atoms with Crippen LogP contribution in [-0.2, 0) is 17.6 Å². The number of pyridine rings is 1. The van der Waals surface area contributed by atoms with E-state index in [9.17, 15) is 9.90 Å². The summed E-state index contributed by atoms with van der Waals surface area (Å²) in [6, 6.07) is 3.10. The predicted molar refractivity (Wildman–Crippen MR) is 91.8 cm³/mol. The molecule has 2 atom stereocenters. The number of aromatic nitrogens is 3. The molecule has 2 N–H and O–H groups in total. The Labute approximate surface area is 141 Å². The topological polar surface area (TPSA) is 88.0 Å². The highest BCUT2D eigenvalue weighted by atomic mass is 16.4. The number of nitrogens with zero attached hydrogens (tertiary/aromatic N) is 3. The number of aryl methyl sites for hydroxylation is 1. The highest BCUT2D eigenvalue weighted by Gasteiger charge is 2.27. The van der Waals surface area contributed by atoms with E-state index in [1.807, 2.05) is 26.0 Å². The van der Waals surface area contributed by atoms with Gasteiger partial charge in [0.25, 0.3) is 0 Å². The molecule has 126 valence electrons. The zero-order chi connectivity index (χ0) is 17.1. The number of fused-ring (bicyclic) bond motifs is 1. The smallest absolute Gasteiger partial charge is 0.326 e. The van der Waals surface area contributed by atoms with E-state index in [0.717, 1.165) is 42.5 Å². The summed E-state index contributed by atoms with van der Waals surface area (Å²) in [6.07, 6.45) is 7.03. The van der Waals surface area contributed by atoms with Crippen LogP contribution in [0.25, 0.3) is 11.4 Å². The molecule has 0 spiro atoms. The van der Waals surface area contributed by atoms with Gasteiger partial charge in [0.2, 0.25) is 0 Å². The van der Waals surface area contributed by atoms with Crippen LogP contribution in [0.3, 0.4) is 0 Å². The van der Waals surface area contributed by atoms with Gasteiger partial charge < -0.3 is 10.4 Å². The summed E-state index contributed by atoms with van der Waals surface area (Å²) < 4.78 is 0. The molecule has 0 aromatic carbocycles. The minimum atomic E-state index is -0.849. The van der Waals surface area contributed by atoms with Gasteiger partial charge in [-0.05, 0) is 37.3 Å². The van der Waals surface area contributed by atoms with Gasteiger partial charge >= 0.3 is 5.97 Å². The average molecular weight is 326 g/mol. The summed E-state index contributed by atoms with van der Waals surface area (Å²) in [6.45, 7) is 3.93. The van der Waals surface area contributed by atoms with Crippen LogP contribution in [0.4, 0.5) is 5.82 Å². The molecule has 2 aromatic rings. The van der Waals surface area contributed by atoms with E-state index in [1.165, 1.54) is 0 Å². The number of carboxylic acid groups (broad SMARTS) is 1. The monoisotopic (exact) mass is 326 g/mol. The van der Waals surface area contributed by atoms with Gasteiger partial charge in [-0.3, -0.25) is 4.98 Å². The Kier molecular flexibility index (Phi) is 4.74. The van der Waals surface area contributed by atoms with Crippen LogP contribution >= 0.6 is 0 Å². The van der Waals surface area contributed by atoms with Gasteiger partial charge in [0.05, 0.1) is 0 Å². The fourth-order valence-electron chi connectivity index (χ4n) is 3.01. The van der Waals surface area contributed by atoms with Crippen LogP contribution in [0.1, 0.15) is 37.9 Å². The third-order valence-electron chi connectivity index (χ3n) is 4.62. The molecule has 0 aliphatic heterocycles. The standard InChI is InChI=1S/C18H22N4O2/c1-3-11(2)15(18(23)24)21-17-13-7-4-8-14(13)20-16(22-17)12-6-5-9-19-10-12/h5-6,9-11,15H,3-4,7-8H2,1-2H3,(H,23,24)(H,20,21,22)/t11-,15-/m0/s1. The summed E-state index contributed by atoms with van der Waals surface area (Å²) in [5.74, 6) is 0.414. The molecule has 0 bridgehead atoms. The Bertz CT molecular complexity index is 733. The molecule has 0 fully saturated rings. The summed E-state index contributed by atoms with van der Waals surface area (Å²) in [4.78, 5) is 25.1. The van der Waals surface area contributed by atoms with E-state index >= 15 is 0 Å². The predicted octanol–water partition coefficient (Wildman–Crippen LogP) is 2.94. The molecular formula is C18H22N4O2. The van der Waals surface area contributed by atoms with Crippen LogP contribution in [0.2, 0.25) is 0 Å². The Hall–Kier alpha value is -2.50. The molecule has 6 nitrogen and oxygen atoms in total. The van der Waals surface area contributed by atoms with Crippen molar-refractivity contribution >= 4 is 11.8 Å². The van der Waals surface area contributed by atoms with Gasteiger partial charge in [-0.2, -0.15) is 0 Å². The Morgan fingerprint density at radius 2 is 2.21 bits per heavy atom. The number of hydrogen-bond acceptors (Lipinski definition) is 5. The van der Waals surface area contributed by atoms with Crippen LogP contribution in [0, 0.1) is 5.92 Å². The fourth-order valence-corrected chi connectivity index (χ4v) is 3.01. The highest BCUT2D eigenvalue weighted by Crippen LogP contribution is 2.30. The lowest BCUT2D eigenvalue weighted by Crippen LogP contribution is -2.36. The Morgan fingerprint density at radius 1 is 1.38 bits per heavy atom. The number of aliphatic carboxylic acids is 1. The van der Waals surface area contributed by atoms with Crippen molar-refractivity contribution in [3.63, 3.8) is 0 Å². The van der Waals surface area contributed by atoms with Crippen LogP contribution in [-0.4, -0.2) is 32.1 Å². The van der Waals surface area contributed by atoms with Crippen LogP contribution < -0.4 is 5.32 Å². The largest absolute Gasteiger partial charge is 0.480 e. The second-order valence-electron chi connectivity index (χ2n) is 6.26.